The summed E-state index contributed by atoms with van der Waals surface area (Å²) in [4.78, 5) is 6.61. The molecule has 0 aliphatic carbocycles. The fourth-order valence-electron chi connectivity index (χ4n) is 4.07. The number of amidine groups is 1. The van der Waals surface area contributed by atoms with Crippen molar-refractivity contribution in [3.8, 4) is 0 Å². The van der Waals surface area contributed by atoms with Crippen LogP contribution in [0.25, 0.3) is 0 Å². The van der Waals surface area contributed by atoms with E-state index in [1.807, 2.05) is 6.92 Å². The highest BCUT2D eigenvalue weighted by Crippen LogP contribution is 2.40. The van der Waals surface area contributed by atoms with Crippen LogP contribution in [-0.2, 0) is 6.42 Å². The largest absolute Gasteiger partial charge is 0.393 e. The summed E-state index contributed by atoms with van der Waals surface area (Å²) in [6.07, 6.45) is 0.972. The molecular weight excluding hydrogens is 337 g/mol. The van der Waals surface area contributed by atoms with Crippen LogP contribution in [0.4, 0.5) is 13.2 Å². The highest BCUT2D eigenvalue weighted by molar-refractivity contribution is 6.01. The minimum absolute atomic E-state index is 0.267. The highest BCUT2D eigenvalue weighted by Gasteiger charge is 2.43. The van der Waals surface area contributed by atoms with Gasteiger partial charge in [-0.2, -0.15) is 13.2 Å². The van der Waals surface area contributed by atoms with Crippen LogP contribution in [0.2, 0.25) is 0 Å². The van der Waals surface area contributed by atoms with Gasteiger partial charge in [-0.15, -0.1) is 0 Å². The first-order chi connectivity index (χ1) is 12.2. The average molecular weight is 366 g/mol. The van der Waals surface area contributed by atoms with Gasteiger partial charge in [-0.3, -0.25) is 0 Å². The molecular formula is C21H29F3N2. The zero-order valence-corrected chi connectivity index (χ0v) is 16.0. The number of hydrogen-bond donors (Lipinski definition) is 0. The number of halogens is 3. The van der Waals surface area contributed by atoms with Gasteiger partial charge < -0.3 is 4.90 Å². The predicted molar refractivity (Wildman–Crippen MR) is 101 cm³/mol. The molecule has 0 aromatic heterocycles. The SMILES string of the molecule is C=C/N=C(\c1cc(CC(F)(F)F)ccc1C)N1CC(CCC)(CCC)C1. The number of benzene rings is 1. The topological polar surface area (TPSA) is 15.6 Å². The van der Waals surface area contributed by atoms with Crippen LogP contribution < -0.4 is 0 Å². The monoisotopic (exact) mass is 366 g/mol. The summed E-state index contributed by atoms with van der Waals surface area (Å²) in [6, 6.07) is 4.93. The smallest absolute Gasteiger partial charge is 0.355 e. The molecule has 1 aliphatic heterocycles. The molecule has 1 fully saturated rings. The lowest BCUT2D eigenvalue weighted by Crippen LogP contribution is -2.58. The molecule has 1 aromatic rings. The molecule has 26 heavy (non-hydrogen) atoms. The summed E-state index contributed by atoms with van der Waals surface area (Å²) in [5, 5.41) is 0. The second-order valence-electron chi connectivity index (χ2n) is 7.43. The molecule has 0 saturated carbocycles. The van der Waals surface area contributed by atoms with Gasteiger partial charge in [-0.1, -0.05) is 45.4 Å². The number of hydrogen-bond acceptors (Lipinski definition) is 1. The summed E-state index contributed by atoms with van der Waals surface area (Å²) < 4.78 is 38.3. The van der Waals surface area contributed by atoms with Crippen molar-refractivity contribution in [2.45, 2.75) is 59.1 Å². The van der Waals surface area contributed by atoms with Gasteiger partial charge in [0.15, 0.2) is 0 Å². The number of nitrogens with zero attached hydrogens (tertiary/aromatic N) is 2. The molecule has 0 bridgehead atoms. The number of aryl methyl sites for hydroxylation is 1. The van der Waals surface area contributed by atoms with Crippen LogP contribution in [0.3, 0.4) is 0 Å². The van der Waals surface area contributed by atoms with Crippen molar-refractivity contribution in [2.24, 2.45) is 10.4 Å². The summed E-state index contributed by atoms with van der Waals surface area (Å²) in [5.41, 5.74) is 2.28. The first-order valence-corrected chi connectivity index (χ1v) is 9.34. The number of rotatable bonds is 7. The van der Waals surface area contributed by atoms with Crippen LogP contribution in [-0.4, -0.2) is 30.0 Å². The number of alkyl halides is 3. The van der Waals surface area contributed by atoms with Crippen LogP contribution in [0.5, 0.6) is 0 Å². The van der Waals surface area contributed by atoms with Crippen molar-refractivity contribution in [1.82, 2.24) is 4.90 Å². The molecule has 5 heteroatoms. The fraction of sp³-hybridized carbons (Fsp3) is 0.571. The first-order valence-electron chi connectivity index (χ1n) is 9.34. The van der Waals surface area contributed by atoms with Crippen molar-refractivity contribution in [3.63, 3.8) is 0 Å². The molecule has 1 aromatic carbocycles. The van der Waals surface area contributed by atoms with E-state index in [0.29, 0.717) is 5.41 Å². The molecule has 2 nitrogen and oxygen atoms in total. The lowest BCUT2D eigenvalue weighted by atomic mass is 9.72. The van der Waals surface area contributed by atoms with Gasteiger partial charge in [-0.05, 0) is 37.0 Å². The standard InChI is InChI=1S/C21H29F3N2/c1-5-10-20(11-6-2)14-26(15-20)19(25-7-3)18-12-17(9-8-16(18)4)13-21(22,23)24/h7-9,12H,3,5-6,10-11,13-15H2,1-2,4H3/b25-19+. The third-order valence-electron chi connectivity index (χ3n) is 5.07. The first kappa shape index (κ1) is 20.5. The minimum atomic E-state index is -4.21. The Labute approximate surface area is 154 Å². The summed E-state index contributed by atoms with van der Waals surface area (Å²) in [7, 11) is 0. The maximum Gasteiger partial charge on any atom is 0.393 e. The Morgan fingerprint density at radius 3 is 2.35 bits per heavy atom. The Hall–Kier alpha value is -1.78. The summed E-state index contributed by atoms with van der Waals surface area (Å²) in [6.45, 7) is 11.8. The van der Waals surface area contributed by atoms with Gasteiger partial charge in [0.25, 0.3) is 0 Å². The summed E-state index contributed by atoms with van der Waals surface area (Å²) >= 11 is 0. The van der Waals surface area contributed by atoms with Crippen molar-refractivity contribution in [2.75, 3.05) is 13.1 Å². The third-order valence-corrected chi connectivity index (χ3v) is 5.07. The second-order valence-corrected chi connectivity index (χ2v) is 7.43. The molecule has 1 aliphatic rings. The van der Waals surface area contributed by atoms with Gasteiger partial charge >= 0.3 is 6.18 Å². The van der Waals surface area contributed by atoms with E-state index in [1.165, 1.54) is 19.0 Å². The fourth-order valence-corrected chi connectivity index (χ4v) is 4.07. The number of aliphatic imine (C=N–C) groups is 1. The van der Waals surface area contributed by atoms with Crippen LogP contribution in [0.15, 0.2) is 36.0 Å². The van der Waals surface area contributed by atoms with Crippen molar-refractivity contribution in [3.05, 3.63) is 47.7 Å². The van der Waals surface area contributed by atoms with Gasteiger partial charge in [-0.25, -0.2) is 4.99 Å². The van der Waals surface area contributed by atoms with E-state index in [1.54, 1.807) is 18.2 Å². The maximum absolute atomic E-state index is 12.8. The van der Waals surface area contributed by atoms with Crippen molar-refractivity contribution >= 4 is 5.84 Å². The molecule has 0 unspecified atom stereocenters. The third kappa shape index (κ3) is 4.89. The van der Waals surface area contributed by atoms with Crippen molar-refractivity contribution < 1.29 is 13.2 Å². The lowest BCUT2D eigenvalue weighted by Gasteiger charge is -2.52. The van der Waals surface area contributed by atoms with Crippen LogP contribution in [0.1, 0.15) is 56.2 Å². The number of likely N-dealkylation sites (tertiary alicyclic amines) is 1. The van der Waals surface area contributed by atoms with E-state index >= 15 is 0 Å². The molecule has 144 valence electrons. The zero-order chi connectivity index (χ0) is 19.4. The Balaban J connectivity index is 2.27. The molecule has 0 spiro atoms. The van der Waals surface area contributed by atoms with E-state index in [2.05, 4.69) is 30.3 Å². The highest BCUT2D eigenvalue weighted by atomic mass is 19.4. The molecule has 0 N–H and O–H groups in total. The molecule has 2 rings (SSSR count). The van der Waals surface area contributed by atoms with Gasteiger partial charge in [0.2, 0.25) is 0 Å². The Morgan fingerprint density at radius 1 is 1.23 bits per heavy atom. The zero-order valence-electron chi connectivity index (χ0n) is 16.0. The van der Waals surface area contributed by atoms with Crippen LogP contribution in [0, 0.1) is 12.3 Å². The molecule has 0 amide bonds. The van der Waals surface area contributed by atoms with E-state index in [9.17, 15) is 13.2 Å². The Kier molecular flexibility index (Phi) is 6.53. The molecule has 1 saturated heterocycles. The molecule has 1 heterocycles. The molecule has 0 atom stereocenters. The van der Waals surface area contributed by atoms with E-state index in [4.69, 9.17) is 0 Å². The quantitative estimate of drug-likeness (QED) is 0.434. The lowest BCUT2D eigenvalue weighted by molar-refractivity contribution is -0.127. The molecule has 0 radical (unpaired) electrons. The van der Waals surface area contributed by atoms with Gasteiger partial charge in [0.1, 0.15) is 5.84 Å². The minimum Gasteiger partial charge on any atom is -0.355 e. The maximum atomic E-state index is 12.8. The van der Waals surface area contributed by atoms with E-state index in [0.717, 1.165) is 42.9 Å². The Bertz CT molecular complexity index is 648. The van der Waals surface area contributed by atoms with E-state index < -0.39 is 12.6 Å². The Morgan fingerprint density at radius 2 is 1.85 bits per heavy atom. The summed E-state index contributed by atoms with van der Waals surface area (Å²) in [5.74, 6) is 0.740. The van der Waals surface area contributed by atoms with E-state index in [-0.39, 0.29) is 5.56 Å². The van der Waals surface area contributed by atoms with Crippen molar-refractivity contribution in [1.29, 1.82) is 0 Å². The van der Waals surface area contributed by atoms with Gasteiger partial charge in [0.05, 0.1) is 6.42 Å². The second kappa shape index (κ2) is 8.28. The average Bonchev–Trinajstić information content (AvgIpc) is 2.51. The normalized spacial score (nSPS) is 17.2. The van der Waals surface area contributed by atoms with Crippen LogP contribution >= 0.6 is 0 Å². The van der Waals surface area contributed by atoms with Gasteiger partial charge in [0, 0.05) is 30.3 Å². The predicted octanol–water partition coefficient (Wildman–Crippen LogP) is 5.89.